The van der Waals surface area contributed by atoms with Crippen LogP contribution in [-0.2, 0) is 0 Å². The molecule has 0 N–H and O–H groups in total. The molecule has 0 heteroatoms. The number of aryl methyl sites for hydroxylation is 3. The van der Waals surface area contributed by atoms with Gasteiger partial charge in [0.05, 0.1) is 0 Å². The van der Waals surface area contributed by atoms with Gasteiger partial charge in [0.15, 0.2) is 0 Å². The largest absolute Gasteiger partial charge is 0.0654 e. The van der Waals surface area contributed by atoms with E-state index in [0.717, 1.165) is 0 Å². The molecule has 0 bridgehead atoms. The molecule has 0 fully saturated rings. The molecule has 3 rings (SSSR count). The van der Waals surface area contributed by atoms with Crippen LogP contribution in [0.1, 0.15) is 293 Å². The van der Waals surface area contributed by atoms with Crippen LogP contribution in [0, 0.1) is 20.8 Å². The van der Waals surface area contributed by atoms with E-state index in [4.69, 9.17) is 0 Å². The monoisotopic (exact) mass is 879 g/mol. The van der Waals surface area contributed by atoms with Crippen LogP contribution in [0.3, 0.4) is 0 Å². The highest BCUT2D eigenvalue weighted by atomic mass is 13.9. The van der Waals surface area contributed by atoms with Gasteiger partial charge >= 0.3 is 0 Å². The molecule has 0 saturated carbocycles. The van der Waals surface area contributed by atoms with Gasteiger partial charge in [-0.15, -0.1) is 0 Å². The molecule has 3 aromatic carbocycles. The lowest BCUT2D eigenvalue weighted by atomic mass is 10.2. The highest BCUT2D eigenvalue weighted by Crippen LogP contribution is 1.99. The van der Waals surface area contributed by atoms with Crippen molar-refractivity contribution in [3.63, 3.8) is 0 Å². The van der Waals surface area contributed by atoms with Gasteiger partial charge in [-0.05, 0) is 20.8 Å². The molecule has 0 aliphatic carbocycles. The first kappa shape index (κ1) is 75.0. The maximum Gasteiger partial charge on any atom is -0.0398 e. The third kappa shape index (κ3) is 109. The summed E-state index contributed by atoms with van der Waals surface area (Å²) < 4.78 is 0. The molecule has 63 heavy (non-hydrogen) atoms. The normalized spacial score (nSPS) is 8.90. The maximum absolute atomic E-state index is 2.23. The SMILES string of the molecule is CCCCCC.CCCCCC.CCCCCC.CCCCCC.CCCCCC.CCCCCC.CCCCCC.Cc1ccccc1.Cc1ccccc1.Cc1ccccc1. The van der Waals surface area contributed by atoms with Crippen molar-refractivity contribution in [2.24, 2.45) is 0 Å². The van der Waals surface area contributed by atoms with Crippen LogP contribution in [0.15, 0.2) is 91.0 Å². The first-order valence-corrected chi connectivity index (χ1v) is 27.6. The summed E-state index contributed by atoms with van der Waals surface area (Å²) in [6.45, 7) is 37.5. The second-order valence-electron chi connectivity index (χ2n) is 16.9. The quantitative estimate of drug-likeness (QED) is 0.0936. The molecule has 0 spiro atoms. The van der Waals surface area contributed by atoms with Crippen molar-refractivity contribution >= 4 is 0 Å². The van der Waals surface area contributed by atoms with Crippen LogP contribution in [0.5, 0.6) is 0 Å². The number of unbranched alkanes of at least 4 members (excludes halogenated alkanes) is 21. The molecule has 0 aromatic heterocycles. The first-order chi connectivity index (χ1) is 30.6. The molecule has 374 valence electrons. The van der Waals surface area contributed by atoms with Gasteiger partial charge in [0, 0.05) is 0 Å². The van der Waals surface area contributed by atoms with Crippen LogP contribution in [-0.4, -0.2) is 0 Å². The van der Waals surface area contributed by atoms with Crippen molar-refractivity contribution in [1.82, 2.24) is 0 Å². The Morgan fingerprint density at radius 2 is 0.270 bits per heavy atom. The smallest absolute Gasteiger partial charge is 0.0398 e. The minimum atomic E-state index is 1.32. The van der Waals surface area contributed by atoms with Crippen molar-refractivity contribution < 1.29 is 0 Å². The zero-order valence-corrected chi connectivity index (χ0v) is 47.0. The summed E-state index contributed by atoms with van der Waals surface area (Å²) >= 11 is 0. The molecule has 0 unspecified atom stereocenters. The second-order valence-corrected chi connectivity index (χ2v) is 16.9. The number of hydrogen-bond donors (Lipinski definition) is 0. The fraction of sp³-hybridized carbons (Fsp3) is 0.714. The van der Waals surface area contributed by atoms with Gasteiger partial charge in [0.25, 0.3) is 0 Å². The fourth-order valence-electron chi connectivity index (χ4n) is 5.10. The summed E-state index contributed by atoms with van der Waals surface area (Å²) in [5, 5.41) is 0. The molecule has 0 aliphatic rings. The highest BCUT2D eigenvalue weighted by molar-refractivity contribution is 5.13. The lowest BCUT2D eigenvalue weighted by Crippen LogP contribution is -1.66. The van der Waals surface area contributed by atoms with Gasteiger partial charge in [-0.3, -0.25) is 0 Å². The van der Waals surface area contributed by atoms with E-state index in [1.54, 1.807) is 0 Å². The summed E-state index contributed by atoms with van der Waals surface area (Å²) in [6.07, 6.45) is 38.8. The first-order valence-electron chi connectivity index (χ1n) is 27.6. The number of hydrogen-bond acceptors (Lipinski definition) is 0. The van der Waals surface area contributed by atoms with Crippen LogP contribution < -0.4 is 0 Å². The Labute approximate surface area is 403 Å². The minimum absolute atomic E-state index is 1.32. The Hall–Kier alpha value is -2.34. The topological polar surface area (TPSA) is 0 Å². The maximum atomic E-state index is 2.23. The molecule has 0 atom stereocenters. The van der Waals surface area contributed by atoms with Gasteiger partial charge in [-0.25, -0.2) is 0 Å². The second kappa shape index (κ2) is 83.2. The fourth-order valence-corrected chi connectivity index (χ4v) is 5.10. The Morgan fingerprint density at radius 1 is 0.175 bits per heavy atom. The van der Waals surface area contributed by atoms with Crippen molar-refractivity contribution in [2.45, 2.75) is 297 Å². The summed E-state index contributed by atoms with van der Waals surface area (Å²) in [4.78, 5) is 0. The number of rotatable bonds is 21. The molecule has 0 nitrogen and oxygen atoms in total. The van der Waals surface area contributed by atoms with E-state index < -0.39 is 0 Å². The molecule has 0 radical (unpaired) electrons. The van der Waals surface area contributed by atoms with Crippen LogP contribution in [0.4, 0.5) is 0 Å². The molecule has 0 saturated heterocycles. The van der Waals surface area contributed by atoms with E-state index in [2.05, 4.69) is 154 Å². The van der Waals surface area contributed by atoms with E-state index in [1.807, 2.05) is 54.6 Å². The molecule has 0 heterocycles. The standard InChI is InChI=1S/3C7H8.7C6H14/c3*1-7-5-3-2-4-6-7;7*1-3-5-6-4-2/h3*2-6H,1H3;7*3-6H2,1-2H3. The molecule has 3 aromatic rings. The van der Waals surface area contributed by atoms with Gasteiger partial charge < -0.3 is 0 Å². The Kier molecular flexibility index (Phi) is 99.1. The molecule has 0 amide bonds. The van der Waals surface area contributed by atoms with Gasteiger partial charge in [0.1, 0.15) is 0 Å². The molecular weight excluding hydrogens is 757 g/mol. The lowest BCUT2D eigenvalue weighted by molar-refractivity contribution is 0.702. The summed E-state index contributed by atoms with van der Waals surface area (Å²) in [5.74, 6) is 0. The summed E-state index contributed by atoms with van der Waals surface area (Å²) in [5.41, 5.74) is 3.97. The zero-order chi connectivity index (χ0) is 49.1. The van der Waals surface area contributed by atoms with Crippen molar-refractivity contribution in [3.05, 3.63) is 108 Å². The molecular formula is C63H122. The van der Waals surface area contributed by atoms with Crippen LogP contribution in [0.25, 0.3) is 0 Å². The van der Waals surface area contributed by atoms with E-state index in [1.165, 1.54) is 196 Å². The highest BCUT2D eigenvalue weighted by Gasteiger charge is 1.79. The van der Waals surface area contributed by atoms with E-state index in [9.17, 15) is 0 Å². The van der Waals surface area contributed by atoms with Gasteiger partial charge in [0.2, 0.25) is 0 Å². The minimum Gasteiger partial charge on any atom is -0.0654 e. The van der Waals surface area contributed by atoms with Crippen molar-refractivity contribution in [3.8, 4) is 0 Å². The summed E-state index contributed by atoms with van der Waals surface area (Å²) in [6, 6.07) is 30.8. The third-order valence-electron chi connectivity index (χ3n) is 9.52. The van der Waals surface area contributed by atoms with Gasteiger partial charge in [-0.1, -0.05) is 384 Å². The Balaban J connectivity index is -0.000000111. The van der Waals surface area contributed by atoms with E-state index in [0.29, 0.717) is 0 Å². The zero-order valence-electron chi connectivity index (χ0n) is 47.0. The van der Waals surface area contributed by atoms with E-state index >= 15 is 0 Å². The predicted molar refractivity (Wildman–Crippen MR) is 302 cm³/mol. The van der Waals surface area contributed by atoms with Gasteiger partial charge in [-0.2, -0.15) is 0 Å². The average Bonchev–Trinajstić information content (AvgIpc) is 3.32. The Morgan fingerprint density at radius 3 is 0.317 bits per heavy atom. The Bertz CT molecular complexity index is 796. The predicted octanol–water partition coefficient (Wildman–Crippen LogP) is 24.1. The lowest BCUT2D eigenvalue weighted by Gasteiger charge is -1.86. The van der Waals surface area contributed by atoms with Crippen molar-refractivity contribution in [2.75, 3.05) is 0 Å². The molecule has 0 aliphatic heterocycles. The van der Waals surface area contributed by atoms with E-state index in [-0.39, 0.29) is 0 Å². The third-order valence-corrected chi connectivity index (χ3v) is 9.52. The number of benzene rings is 3. The average molecular weight is 880 g/mol. The summed E-state index contributed by atoms with van der Waals surface area (Å²) in [7, 11) is 0. The van der Waals surface area contributed by atoms with Crippen LogP contribution >= 0.6 is 0 Å². The van der Waals surface area contributed by atoms with Crippen molar-refractivity contribution in [1.29, 1.82) is 0 Å². The van der Waals surface area contributed by atoms with Crippen LogP contribution in [0.2, 0.25) is 0 Å².